The van der Waals surface area contributed by atoms with E-state index in [-0.39, 0.29) is 30.0 Å². The maximum absolute atomic E-state index is 13.1. The summed E-state index contributed by atoms with van der Waals surface area (Å²) in [7, 11) is 0. The molecule has 2 aliphatic heterocycles. The lowest BCUT2D eigenvalue weighted by Crippen LogP contribution is -2.55. The van der Waals surface area contributed by atoms with E-state index in [1.54, 1.807) is 34.2 Å². The van der Waals surface area contributed by atoms with Crippen molar-refractivity contribution in [2.75, 3.05) is 38.5 Å². The fraction of sp³-hybridized carbons (Fsp3) is 0.292. The number of fused-ring (bicyclic) bond motifs is 1. The summed E-state index contributed by atoms with van der Waals surface area (Å²) >= 11 is 1.32. The molecule has 1 N–H and O–H groups in total. The lowest BCUT2D eigenvalue weighted by atomic mass is 10.2. The highest BCUT2D eigenvalue weighted by Crippen LogP contribution is 2.31. The van der Waals surface area contributed by atoms with Crippen LogP contribution in [0.4, 0.5) is 4.39 Å². The fourth-order valence-corrected chi connectivity index (χ4v) is 4.65. The highest BCUT2D eigenvalue weighted by atomic mass is 32.2. The molecule has 1 unspecified atom stereocenters. The molecule has 0 radical (unpaired) electrons. The van der Waals surface area contributed by atoms with Gasteiger partial charge in [-0.2, -0.15) is 0 Å². The van der Waals surface area contributed by atoms with Crippen molar-refractivity contribution in [3.05, 3.63) is 60.5 Å². The van der Waals surface area contributed by atoms with Gasteiger partial charge in [-0.05, 0) is 42.0 Å². The molecule has 34 heavy (non-hydrogen) atoms. The van der Waals surface area contributed by atoms with E-state index in [4.69, 9.17) is 9.47 Å². The number of nitrogens with zero attached hydrogens (tertiary/aromatic N) is 3. The second-order valence-corrected chi connectivity index (χ2v) is 8.93. The number of H-pyrrole nitrogens is 1. The molecule has 1 fully saturated rings. The van der Waals surface area contributed by atoms with Crippen LogP contribution < -0.4 is 9.47 Å². The molecular formula is C24H23FN4O4S. The van der Waals surface area contributed by atoms with Crippen molar-refractivity contribution in [1.29, 1.82) is 0 Å². The van der Waals surface area contributed by atoms with E-state index in [1.807, 2.05) is 18.2 Å². The summed E-state index contributed by atoms with van der Waals surface area (Å²) in [5.74, 6) is 1.01. The Hall–Kier alpha value is -3.53. The predicted octanol–water partition coefficient (Wildman–Crippen LogP) is 2.82. The van der Waals surface area contributed by atoms with Crippen molar-refractivity contribution < 1.29 is 23.5 Å². The number of aromatic amines is 1. The van der Waals surface area contributed by atoms with Crippen molar-refractivity contribution >= 4 is 23.6 Å². The summed E-state index contributed by atoms with van der Waals surface area (Å²) < 4.78 is 24.6. The minimum atomic E-state index is -0.679. The summed E-state index contributed by atoms with van der Waals surface area (Å²) in [4.78, 5) is 36.5. The number of hydrogen-bond acceptors (Lipinski definition) is 6. The molecule has 176 valence electrons. The largest absolute Gasteiger partial charge is 0.485 e. The average Bonchev–Trinajstić information content (AvgIpc) is 3.36. The van der Waals surface area contributed by atoms with Crippen LogP contribution in [-0.4, -0.2) is 76.2 Å². The maximum Gasteiger partial charge on any atom is 0.267 e. The standard InChI is InChI=1S/C24H23FN4O4S/c25-17-7-5-16(6-8-17)18-13-26-24(27-18)34-15-22(30)28-9-11-29(12-10-28)23(31)21-14-32-19-3-1-2-4-20(19)33-21/h1-8,13,21H,9-12,14-15H2,(H,26,27). The van der Waals surface area contributed by atoms with Gasteiger partial charge in [0.15, 0.2) is 16.7 Å². The Kier molecular flexibility index (Phi) is 6.39. The first-order chi connectivity index (χ1) is 16.6. The Morgan fingerprint density at radius 1 is 1.03 bits per heavy atom. The van der Waals surface area contributed by atoms with Crippen molar-refractivity contribution in [1.82, 2.24) is 19.8 Å². The van der Waals surface area contributed by atoms with E-state index in [0.29, 0.717) is 42.8 Å². The number of para-hydroxylation sites is 2. The normalized spacial score (nSPS) is 17.5. The number of halogens is 1. The van der Waals surface area contributed by atoms with Crippen LogP contribution in [0.3, 0.4) is 0 Å². The lowest BCUT2D eigenvalue weighted by Gasteiger charge is -2.37. The van der Waals surface area contributed by atoms with Crippen LogP contribution in [0.5, 0.6) is 11.5 Å². The van der Waals surface area contributed by atoms with Crippen LogP contribution in [0.1, 0.15) is 0 Å². The van der Waals surface area contributed by atoms with Crippen LogP contribution in [0.2, 0.25) is 0 Å². The Labute approximate surface area is 200 Å². The Morgan fingerprint density at radius 2 is 1.74 bits per heavy atom. The number of hydrogen-bond donors (Lipinski definition) is 1. The molecule has 1 saturated heterocycles. The molecule has 0 aliphatic carbocycles. The summed E-state index contributed by atoms with van der Waals surface area (Å²) in [5.41, 5.74) is 1.59. The molecule has 8 nitrogen and oxygen atoms in total. The molecule has 10 heteroatoms. The number of nitrogens with one attached hydrogen (secondary N) is 1. The van der Waals surface area contributed by atoms with Gasteiger partial charge in [0, 0.05) is 26.2 Å². The summed E-state index contributed by atoms with van der Waals surface area (Å²) in [6, 6.07) is 13.4. The lowest BCUT2D eigenvalue weighted by molar-refractivity contribution is -0.145. The van der Waals surface area contributed by atoms with E-state index in [2.05, 4.69) is 9.97 Å². The van der Waals surface area contributed by atoms with Gasteiger partial charge in [-0.25, -0.2) is 9.37 Å². The molecule has 3 heterocycles. The van der Waals surface area contributed by atoms with Gasteiger partial charge in [-0.3, -0.25) is 9.59 Å². The third kappa shape index (κ3) is 4.86. The molecule has 1 atom stereocenters. The van der Waals surface area contributed by atoms with E-state index in [9.17, 15) is 14.0 Å². The number of carbonyl (C=O) groups is 2. The molecule has 0 spiro atoms. The van der Waals surface area contributed by atoms with Gasteiger partial charge < -0.3 is 24.3 Å². The third-order valence-corrected chi connectivity index (χ3v) is 6.64. The van der Waals surface area contributed by atoms with Crippen LogP contribution in [0, 0.1) is 5.82 Å². The number of aromatic nitrogens is 2. The molecule has 5 rings (SSSR count). The first-order valence-electron chi connectivity index (χ1n) is 11.0. The highest BCUT2D eigenvalue weighted by Gasteiger charge is 2.33. The first-order valence-corrected chi connectivity index (χ1v) is 11.9. The Morgan fingerprint density at radius 3 is 2.50 bits per heavy atom. The number of imidazole rings is 1. The second-order valence-electron chi connectivity index (χ2n) is 7.97. The van der Waals surface area contributed by atoms with Crippen molar-refractivity contribution in [3.63, 3.8) is 0 Å². The van der Waals surface area contributed by atoms with Crippen molar-refractivity contribution in [2.24, 2.45) is 0 Å². The maximum atomic E-state index is 13.1. The molecule has 2 aliphatic rings. The van der Waals surface area contributed by atoms with Gasteiger partial charge in [0.05, 0.1) is 17.6 Å². The number of thioether (sulfide) groups is 1. The Balaban J connectivity index is 1.09. The van der Waals surface area contributed by atoms with Gasteiger partial charge in [0.25, 0.3) is 5.91 Å². The minimum Gasteiger partial charge on any atom is -0.485 e. The van der Waals surface area contributed by atoms with E-state index in [1.165, 1.54) is 23.9 Å². The van der Waals surface area contributed by atoms with Crippen molar-refractivity contribution in [2.45, 2.75) is 11.3 Å². The minimum absolute atomic E-state index is 0.0111. The van der Waals surface area contributed by atoms with E-state index < -0.39 is 6.10 Å². The van der Waals surface area contributed by atoms with Crippen molar-refractivity contribution in [3.8, 4) is 22.8 Å². The monoisotopic (exact) mass is 482 g/mol. The zero-order chi connectivity index (χ0) is 23.5. The number of benzene rings is 2. The molecule has 0 saturated carbocycles. The SMILES string of the molecule is O=C(CSc1ncc(-c2ccc(F)cc2)[nH]1)N1CCN(C(=O)C2COc3ccccc3O2)CC1. The molecule has 1 aromatic heterocycles. The Bertz CT molecular complexity index is 1180. The average molecular weight is 483 g/mol. The molecule has 0 bridgehead atoms. The number of amides is 2. The molecule has 2 aromatic carbocycles. The van der Waals surface area contributed by atoms with Crippen LogP contribution in [0.15, 0.2) is 59.9 Å². The van der Waals surface area contributed by atoms with E-state index >= 15 is 0 Å². The fourth-order valence-electron chi connectivity index (χ4n) is 3.89. The zero-order valence-corrected chi connectivity index (χ0v) is 19.1. The first kappa shape index (κ1) is 22.3. The number of rotatable bonds is 5. The third-order valence-electron chi connectivity index (χ3n) is 5.77. The van der Waals surface area contributed by atoms with Gasteiger partial charge >= 0.3 is 0 Å². The zero-order valence-electron chi connectivity index (χ0n) is 18.3. The topological polar surface area (TPSA) is 87.8 Å². The van der Waals surface area contributed by atoms with Crippen LogP contribution in [-0.2, 0) is 9.59 Å². The molecular weight excluding hydrogens is 459 g/mol. The highest BCUT2D eigenvalue weighted by molar-refractivity contribution is 7.99. The number of piperazine rings is 1. The summed E-state index contributed by atoms with van der Waals surface area (Å²) in [6.45, 7) is 2.01. The number of ether oxygens (including phenoxy) is 2. The molecule has 3 aromatic rings. The van der Waals surface area contributed by atoms with Crippen LogP contribution in [0.25, 0.3) is 11.3 Å². The van der Waals surface area contributed by atoms with Gasteiger partial charge in [0.2, 0.25) is 12.0 Å². The van der Waals surface area contributed by atoms with Gasteiger partial charge in [0.1, 0.15) is 12.4 Å². The van der Waals surface area contributed by atoms with Crippen LogP contribution >= 0.6 is 11.8 Å². The summed E-state index contributed by atoms with van der Waals surface area (Å²) in [6.07, 6.45) is 0.988. The molecule has 2 amide bonds. The van der Waals surface area contributed by atoms with Gasteiger partial charge in [-0.15, -0.1) is 0 Å². The predicted molar refractivity (Wildman–Crippen MR) is 124 cm³/mol. The van der Waals surface area contributed by atoms with Gasteiger partial charge in [-0.1, -0.05) is 23.9 Å². The summed E-state index contributed by atoms with van der Waals surface area (Å²) in [5, 5.41) is 0.621. The smallest absolute Gasteiger partial charge is 0.267 e. The van der Waals surface area contributed by atoms with E-state index in [0.717, 1.165) is 11.3 Å². The second kappa shape index (κ2) is 9.76. The quantitative estimate of drug-likeness (QED) is 0.563. The number of carbonyl (C=O) groups excluding carboxylic acids is 2.